The van der Waals surface area contributed by atoms with Gasteiger partial charge in [0.25, 0.3) is 0 Å². The molecule has 2 aromatic heterocycles. The van der Waals surface area contributed by atoms with Crippen LogP contribution >= 0.6 is 11.6 Å². The fraction of sp³-hybridized carbons (Fsp3) is 0.400. The lowest BCUT2D eigenvalue weighted by molar-refractivity contribution is 0.581. The van der Waals surface area contributed by atoms with Gasteiger partial charge < -0.3 is 10.3 Å². The zero-order valence-electron chi connectivity index (χ0n) is 9.26. The first-order valence-electron chi connectivity index (χ1n) is 5.09. The SMILES string of the molecule is CCn1ncc(Cl)c1C(N)c1nccn1C. The van der Waals surface area contributed by atoms with Crippen LogP contribution in [-0.4, -0.2) is 19.3 Å². The van der Waals surface area contributed by atoms with E-state index in [0.29, 0.717) is 5.02 Å². The third-order valence-corrected chi connectivity index (χ3v) is 2.86. The molecule has 0 amide bonds. The molecule has 0 saturated heterocycles. The highest BCUT2D eigenvalue weighted by molar-refractivity contribution is 6.31. The van der Waals surface area contributed by atoms with Crippen LogP contribution in [0.1, 0.15) is 24.5 Å². The molecular formula is C10H14ClN5. The maximum Gasteiger partial charge on any atom is 0.131 e. The molecule has 0 spiro atoms. The average Bonchev–Trinajstić information content (AvgIpc) is 2.83. The monoisotopic (exact) mass is 239 g/mol. The van der Waals surface area contributed by atoms with E-state index in [0.717, 1.165) is 18.1 Å². The third kappa shape index (κ3) is 1.72. The van der Waals surface area contributed by atoms with Crippen molar-refractivity contribution in [3.63, 3.8) is 0 Å². The summed E-state index contributed by atoms with van der Waals surface area (Å²) in [6.45, 7) is 2.73. The first-order valence-corrected chi connectivity index (χ1v) is 5.47. The van der Waals surface area contributed by atoms with Gasteiger partial charge in [0, 0.05) is 26.0 Å². The average molecular weight is 240 g/mol. The number of hydrogen-bond acceptors (Lipinski definition) is 3. The number of nitrogens with two attached hydrogens (primary N) is 1. The summed E-state index contributed by atoms with van der Waals surface area (Å²) in [5.41, 5.74) is 6.96. The van der Waals surface area contributed by atoms with Gasteiger partial charge in [0.05, 0.1) is 16.9 Å². The molecule has 0 aliphatic heterocycles. The van der Waals surface area contributed by atoms with Crippen molar-refractivity contribution in [3.05, 3.63) is 35.1 Å². The Hall–Kier alpha value is -1.33. The fourth-order valence-electron chi connectivity index (χ4n) is 1.73. The highest BCUT2D eigenvalue weighted by Crippen LogP contribution is 2.25. The highest BCUT2D eigenvalue weighted by Gasteiger charge is 2.20. The number of nitrogens with zero attached hydrogens (tertiary/aromatic N) is 4. The lowest BCUT2D eigenvalue weighted by atomic mass is 10.2. The predicted molar refractivity (Wildman–Crippen MR) is 62.1 cm³/mol. The van der Waals surface area contributed by atoms with Crippen LogP contribution < -0.4 is 5.73 Å². The van der Waals surface area contributed by atoms with E-state index in [4.69, 9.17) is 17.3 Å². The number of aryl methyl sites for hydroxylation is 2. The Morgan fingerprint density at radius 2 is 2.31 bits per heavy atom. The van der Waals surface area contributed by atoms with E-state index < -0.39 is 0 Å². The summed E-state index contributed by atoms with van der Waals surface area (Å²) < 4.78 is 3.68. The van der Waals surface area contributed by atoms with E-state index >= 15 is 0 Å². The predicted octanol–water partition coefficient (Wildman–Crippen LogP) is 1.34. The minimum absolute atomic E-state index is 0.352. The largest absolute Gasteiger partial charge is 0.336 e. The summed E-state index contributed by atoms with van der Waals surface area (Å²) in [5.74, 6) is 0.775. The van der Waals surface area contributed by atoms with Crippen molar-refractivity contribution in [2.45, 2.75) is 19.5 Å². The third-order valence-electron chi connectivity index (χ3n) is 2.56. The molecule has 0 aliphatic carbocycles. The van der Waals surface area contributed by atoms with Crippen LogP contribution in [0.4, 0.5) is 0 Å². The molecular weight excluding hydrogens is 226 g/mol. The molecule has 2 aromatic rings. The van der Waals surface area contributed by atoms with Crippen molar-refractivity contribution >= 4 is 11.6 Å². The Kier molecular flexibility index (Phi) is 2.98. The topological polar surface area (TPSA) is 61.7 Å². The van der Waals surface area contributed by atoms with E-state index in [1.54, 1.807) is 17.1 Å². The van der Waals surface area contributed by atoms with Crippen LogP contribution in [-0.2, 0) is 13.6 Å². The Bertz CT molecular complexity index is 487. The summed E-state index contributed by atoms with van der Waals surface area (Å²) >= 11 is 6.09. The van der Waals surface area contributed by atoms with Gasteiger partial charge in [-0.15, -0.1) is 0 Å². The molecule has 1 atom stereocenters. The van der Waals surface area contributed by atoms with Crippen molar-refractivity contribution in [1.29, 1.82) is 0 Å². The lowest BCUT2D eigenvalue weighted by Crippen LogP contribution is -2.20. The van der Waals surface area contributed by atoms with Crippen LogP contribution in [0.2, 0.25) is 5.02 Å². The van der Waals surface area contributed by atoms with Crippen LogP contribution in [0.5, 0.6) is 0 Å². The molecule has 2 heterocycles. The van der Waals surface area contributed by atoms with E-state index in [-0.39, 0.29) is 6.04 Å². The van der Waals surface area contributed by atoms with Gasteiger partial charge in [0.15, 0.2) is 0 Å². The van der Waals surface area contributed by atoms with E-state index in [1.807, 2.05) is 24.7 Å². The molecule has 0 fully saturated rings. The zero-order valence-corrected chi connectivity index (χ0v) is 10.0. The second-order valence-corrected chi connectivity index (χ2v) is 3.97. The number of rotatable bonds is 3. The molecule has 16 heavy (non-hydrogen) atoms. The lowest BCUT2D eigenvalue weighted by Gasteiger charge is -2.13. The Morgan fingerprint density at radius 3 is 2.88 bits per heavy atom. The number of imidazole rings is 1. The van der Waals surface area contributed by atoms with Gasteiger partial charge in [0.2, 0.25) is 0 Å². The second-order valence-electron chi connectivity index (χ2n) is 3.57. The van der Waals surface area contributed by atoms with Crippen LogP contribution in [0.3, 0.4) is 0 Å². The van der Waals surface area contributed by atoms with Crippen molar-refractivity contribution in [2.75, 3.05) is 0 Å². The summed E-state index contributed by atoms with van der Waals surface area (Å²) in [6.07, 6.45) is 5.19. The maximum atomic E-state index is 6.15. The van der Waals surface area contributed by atoms with Gasteiger partial charge >= 0.3 is 0 Å². The maximum absolute atomic E-state index is 6.15. The molecule has 0 bridgehead atoms. The van der Waals surface area contributed by atoms with Crippen molar-refractivity contribution < 1.29 is 0 Å². The van der Waals surface area contributed by atoms with Crippen LogP contribution in [0.15, 0.2) is 18.6 Å². The van der Waals surface area contributed by atoms with E-state index in [2.05, 4.69) is 10.1 Å². The van der Waals surface area contributed by atoms with Gasteiger partial charge in [-0.3, -0.25) is 4.68 Å². The Morgan fingerprint density at radius 1 is 1.56 bits per heavy atom. The van der Waals surface area contributed by atoms with Gasteiger partial charge in [0.1, 0.15) is 11.9 Å². The summed E-state index contributed by atoms with van der Waals surface area (Å²) in [4.78, 5) is 4.23. The molecule has 0 aromatic carbocycles. The first kappa shape index (κ1) is 11.2. The molecule has 0 saturated carbocycles. The van der Waals surface area contributed by atoms with Gasteiger partial charge in [-0.05, 0) is 6.92 Å². The van der Waals surface area contributed by atoms with Crippen LogP contribution in [0.25, 0.3) is 0 Å². The second kappa shape index (κ2) is 4.27. The molecule has 2 rings (SSSR count). The van der Waals surface area contributed by atoms with Crippen molar-refractivity contribution in [1.82, 2.24) is 19.3 Å². The van der Waals surface area contributed by atoms with E-state index in [9.17, 15) is 0 Å². The number of halogens is 1. The van der Waals surface area contributed by atoms with Gasteiger partial charge in [-0.2, -0.15) is 5.10 Å². The standard InChI is InChI=1S/C10H14ClN5/c1-3-16-9(7(11)6-14-16)8(12)10-13-4-5-15(10)2/h4-6,8H,3,12H2,1-2H3. The molecule has 6 heteroatoms. The van der Waals surface area contributed by atoms with Gasteiger partial charge in [-0.25, -0.2) is 4.98 Å². The summed E-state index contributed by atoms with van der Waals surface area (Å²) in [5, 5.41) is 4.74. The Balaban J connectivity index is 2.44. The van der Waals surface area contributed by atoms with Crippen molar-refractivity contribution in [3.8, 4) is 0 Å². The summed E-state index contributed by atoms with van der Waals surface area (Å²) in [6, 6.07) is -0.352. The fourth-order valence-corrected chi connectivity index (χ4v) is 1.99. The molecule has 1 unspecified atom stereocenters. The minimum Gasteiger partial charge on any atom is -0.336 e. The normalized spacial score (nSPS) is 13.0. The molecule has 5 nitrogen and oxygen atoms in total. The first-order chi connectivity index (χ1) is 7.65. The smallest absolute Gasteiger partial charge is 0.131 e. The molecule has 2 N–H and O–H groups in total. The van der Waals surface area contributed by atoms with Crippen molar-refractivity contribution in [2.24, 2.45) is 12.8 Å². The minimum atomic E-state index is -0.352. The number of aromatic nitrogens is 4. The zero-order chi connectivity index (χ0) is 11.7. The van der Waals surface area contributed by atoms with E-state index in [1.165, 1.54) is 0 Å². The molecule has 0 radical (unpaired) electrons. The quantitative estimate of drug-likeness (QED) is 0.879. The molecule has 0 aliphatic rings. The number of hydrogen-bond donors (Lipinski definition) is 1. The molecule has 86 valence electrons. The van der Waals surface area contributed by atoms with Gasteiger partial charge in [-0.1, -0.05) is 11.6 Å². The van der Waals surface area contributed by atoms with Crippen LogP contribution in [0, 0.1) is 0 Å². The highest BCUT2D eigenvalue weighted by atomic mass is 35.5. The summed E-state index contributed by atoms with van der Waals surface area (Å²) in [7, 11) is 1.91. The Labute approximate surface area is 98.8 Å².